The molecular weight excluding hydrogens is 258 g/mol. The molecule has 1 aliphatic heterocycles. The lowest BCUT2D eigenvalue weighted by Crippen LogP contribution is -2.44. The van der Waals surface area contributed by atoms with E-state index in [0.29, 0.717) is 13.1 Å². The van der Waals surface area contributed by atoms with Crippen LogP contribution in [-0.4, -0.2) is 31.7 Å². The fourth-order valence-electron chi connectivity index (χ4n) is 1.85. The second kappa shape index (κ2) is 5.43. The molecule has 0 amide bonds. The number of aromatic nitrogens is 1. The Morgan fingerprint density at radius 3 is 3.06 bits per heavy atom. The van der Waals surface area contributed by atoms with Crippen molar-refractivity contribution in [2.75, 3.05) is 13.1 Å². The van der Waals surface area contributed by atoms with Gasteiger partial charge in [0.2, 0.25) is 10.0 Å². The highest BCUT2D eigenvalue weighted by Crippen LogP contribution is 2.14. The summed E-state index contributed by atoms with van der Waals surface area (Å²) in [5.74, 6) is 0. The number of piperidine rings is 1. The lowest BCUT2D eigenvalue weighted by atomic mass is 10.2. The van der Waals surface area contributed by atoms with Crippen LogP contribution in [0.4, 0.5) is 0 Å². The second-order valence-corrected chi connectivity index (χ2v) is 7.56. The quantitative estimate of drug-likeness (QED) is 0.845. The Morgan fingerprint density at radius 2 is 2.47 bits per heavy atom. The highest BCUT2D eigenvalue weighted by molar-refractivity contribution is 7.90. The van der Waals surface area contributed by atoms with Gasteiger partial charge < -0.3 is 5.32 Å². The van der Waals surface area contributed by atoms with Crippen molar-refractivity contribution in [2.24, 2.45) is 0 Å². The fraction of sp³-hybridized carbons (Fsp3) is 0.700. The minimum absolute atomic E-state index is 0.303. The van der Waals surface area contributed by atoms with Crippen LogP contribution < -0.4 is 10.0 Å². The topological polar surface area (TPSA) is 71.1 Å². The first-order valence-electron chi connectivity index (χ1n) is 5.68. The predicted octanol–water partition coefficient (Wildman–Crippen LogP) is 0.623. The average Bonchev–Trinajstić information content (AvgIpc) is 2.74. The summed E-state index contributed by atoms with van der Waals surface area (Å²) in [6, 6.07) is 0. The van der Waals surface area contributed by atoms with E-state index in [-0.39, 0.29) is 5.25 Å². The van der Waals surface area contributed by atoms with Crippen LogP contribution in [-0.2, 0) is 16.6 Å². The monoisotopic (exact) mass is 275 g/mol. The molecule has 1 aromatic heterocycles. The van der Waals surface area contributed by atoms with Crippen LogP contribution in [0.1, 0.15) is 22.7 Å². The van der Waals surface area contributed by atoms with Crippen molar-refractivity contribution in [1.29, 1.82) is 0 Å². The average molecular weight is 275 g/mol. The molecule has 17 heavy (non-hydrogen) atoms. The molecule has 0 radical (unpaired) electrons. The van der Waals surface area contributed by atoms with Crippen molar-refractivity contribution in [3.63, 3.8) is 0 Å². The van der Waals surface area contributed by atoms with Crippen molar-refractivity contribution < 1.29 is 8.42 Å². The van der Waals surface area contributed by atoms with Crippen LogP contribution in [0.15, 0.2) is 6.20 Å². The normalized spacial score (nSPS) is 21.6. The maximum Gasteiger partial charge on any atom is 0.216 e. The zero-order chi connectivity index (χ0) is 12.3. The van der Waals surface area contributed by atoms with Gasteiger partial charge in [-0.2, -0.15) is 0 Å². The van der Waals surface area contributed by atoms with Gasteiger partial charge in [-0.3, -0.25) is 0 Å². The van der Waals surface area contributed by atoms with Gasteiger partial charge in [0.15, 0.2) is 0 Å². The lowest BCUT2D eigenvalue weighted by Gasteiger charge is -2.22. The van der Waals surface area contributed by atoms with Crippen molar-refractivity contribution in [3.8, 4) is 0 Å². The van der Waals surface area contributed by atoms with Crippen molar-refractivity contribution in [1.82, 2.24) is 15.0 Å². The highest BCUT2D eigenvalue weighted by Gasteiger charge is 2.26. The number of thiazole rings is 1. The van der Waals surface area contributed by atoms with Gasteiger partial charge in [0, 0.05) is 17.6 Å². The summed E-state index contributed by atoms with van der Waals surface area (Å²) < 4.78 is 26.6. The van der Waals surface area contributed by atoms with E-state index in [9.17, 15) is 8.42 Å². The maximum absolute atomic E-state index is 12.0. The Hall–Kier alpha value is -0.500. The number of sulfonamides is 1. The number of hydrogen-bond donors (Lipinski definition) is 2. The highest BCUT2D eigenvalue weighted by atomic mass is 32.2. The minimum atomic E-state index is -3.22. The molecule has 1 aromatic rings. The number of hydrogen-bond acceptors (Lipinski definition) is 5. The van der Waals surface area contributed by atoms with Crippen molar-refractivity contribution in [2.45, 2.75) is 31.6 Å². The molecule has 2 rings (SSSR count). The number of nitrogens with zero attached hydrogens (tertiary/aromatic N) is 1. The van der Waals surface area contributed by atoms with Crippen LogP contribution in [0.25, 0.3) is 0 Å². The number of aryl methyl sites for hydroxylation is 1. The molecule has 5 nitrogen and oxygen atoms in total. The SMILES string of the molecule is Cc1cnc(CNS(=O)(=O)C2CCCNC2)s1. The largest absolute Gasteiger partial charge is 0.315 e. The van der Waals surface area contributed by atoms with E-state index in [1.807, 2.05) is 6.92 Å². The summed E-state index contributed by atoms with van der Waals surface area (Å²) in [6.07, 6.45) is 3.41. The van der Waals surface area contributed by atoms with Gasteiger partial charge in [-0.25, -0.2) is 18.1 Å². The first-order chi connectivity index (χ1) is 8.08. The Balaban J connectivity index is 1.92. The summed E-state index contributed by atoms with van der Waals surface area (Å²) in [6.45, 7) is 3.72. The van der Waals surface area contributed by atoms with Gasteiger partial charge in [-0.15, -0.1) is 11.3 Å². The van der Waals surface area contributed by atoms with Crippen LogP contribution in [0.5, 0.6) is 0 Å². The van der Waals surface area contributed by atoms with E-state index < -0.39 is 10.0 Å². The molecule has 2 N–H and O–H groups in total. The molecule has 96 valence electrons. The van der Waals surface area contributed by atoms with Gasteiger partial charge in [0.1, 0.15) is 5.01 Å². The van der Waals surface area contributed by atoms with Gasteiger partial charge in [-0.1, -0.05) is 0 Å². The molecule has 1 unspecified atom stereocenters. The molecule has 0 bridgehead atoms. The molecule has 1 fully saturated rings. The van der Waals surface area contributed by atoms with Crippen LogP contribution in [0.3, 0.4) is 0 Å². The first kappa shape index (κ1) is 12.9. The summed E-state index contributed by atoms with van der Waals surface area (Å²) in [5.41, 5.74) is 0. The van der Waals surface area contributed by atoms with Gasteiger partial charge >= 0.3 is 0 Å². The standard InChI is InChI=1S/C10H17N3O2S2/c1-8-5-12-10(16-8)7-13-17(14,15)9-3-2-4-11-6-9/h5,9,11,13H,2-4,6-7H2,1H3. The van der Waals surface area contributed by atoms with E-state index in [4.69, 9.17) is 0 Å². The Kier molecular flexibility index (Phi) is 4.13. The smallest absolute Gasteiger partial charge is 0.216 e. The molecule has 1 saturated heterocycles. The molecule has 0 aliphatic carbocycles. The Morgan fingerprint density at radius 1 is 1.65 bits per heavy atom. The maximum atomic E-state index is 12.0. The minimum Gasteiger partial charge on any atom is -0.315 e. The van der Waals surface area contributed by atoms with E-state index in [1.165, 1.54) is 11.3 Å². The zero-order valence-electron chi connectivity index (χ0n) is 9.77. The third-order valence-corrected chi connectivity index (χ3v) is 5.52. The van der Waals surface area contributed by atoms with Gasteiger partial charge in [-0.05, 0) is 26.3 Å². The number of nitrogens with one attached hydrogen (secondary N) is 2. The molecular formula is C10H17N3O2S2. The fourth-order valence-corrected chi connectivity index (χ4v) is 4.05. The zero-order valence-corrected chi connectivity index (χ0v) is 11.4. The Bertz CT molecular complexity index is 464. The van der Waals surface area contributed by atoms with Gasteiger partial charge in [0.25, 0.3) is 0 Å². The second-order valence-electron chi connectivity index (χ2n) is 4.20. The van der Waals surface area contributed by atoms with E-state index in [1.54, 1.807) is 6.20 Å². The lowest BCUT2D eigenvalue weighted by molar-refractivity contribution is 0.490. The predicted molar refractivity (Wildman–Crippen MR) is 68.5 cm³/mol. The summed E-state index contributed by atoms with van der Waals surface area (Å²) in [5, 5.41) is 3.62. The van der Waals surface area contributed by atoms with Crippen LogP contribution in [0, 0.1) is 6.92 Å². The molecule has 1 aliphatic rings. The van der Waals surface area contributed by atoms with Crippen LogP contribution in [0.2, 0.25) is 0 Å². The Labute approximate surface area is 106 Å². The molecule has 7 heteroatoms. The molecule has 2 heterocycles. The van der Waals surface area contributed by atoms with Crippen LogP contribution >= 0.6 is 11.3 Å². The van der Waals surface area contributed by atoms with E-state index >= 15 is 0 Å². The van der Waals surface area contributed by atoms with E-state index in [2.05, 4.69) is 15.0 Å². The number of rotatable bonds is 4. The molecule has 0 aromatic carbocycles. The van der Waals surface area contributed by atoms with Crippen molar-refractivity contribution in [3.05, 3.63) is 16.1 Å². The third-order valence-electron chi connectivity index (χ3n) is 2.78. The summed E-state index contributed by atoms with van der Waals surface area (Å²) in [7, 11) is -3.22. The molecule has 1 atom stereocenters. The summed E-state index contributed by atoms with van der Waals surface area (Å²) in [4.78, 5) is 5.24. The first-order valence-corrected chi connectivity index (χ1v) is 8.05. The molecule has 0 spiro atoms. The summed E-state index contributed by atoms with van der Waals surface area (Å²) >= 11 is 1.52. The van der Waals surface area contributed by atoms with Crippen molar-refractivity contribution >= 4 is 21.4 Å². The van der Waals surface area contributed by atoms with E-state index in [0.717, 1.165) is 29.3 Å². The molecule has 0 saturated carbocycles. The third kappa shape index (κ3) is 3.48. The van der Waals surface area contributed by atoms with Gasteiger partial charge in [0.05, 0.1) is 11.8 Å².